The maximum atomic E-state index is 9.04. The molecule has 0 saturated heterocycles. The van der Waals surface area contributed by atoms with Gasteiger partial charge in [-0.3, -0.25) is 5.41 Å². The molecule has 0 aliphatic carbocycles. The Morgan fingerprint density at radius 2 is 1.00 bits per heavy atom. The van der Waals surface area contributed by atoms with Crippen LogP contribution in [0.1, 0.15) is 69.4 Å². The molecule has 0 amide bonds. The summed E-state index contributed by atoms with van der Waals surface area (Å²) in [6.07, 6.45) is 4.19. The fourth-order valence-electron chi connectivity index (χ4n) is 8.09. The van der Waals surface area contributed by atoms with Gasteiger partial charge >= 0.3 is 0 Å². The standard InChI is InChI=1S/C58H51N5/c1-57(2,3)45-29-33-53-47(36-45)48-37-46(58(4,5)6)30-34-54(48)63(53)52-32-28-43(51-38-50(40-21-13-8-14-22-40)61-56(62-51)42-25-17-10-18-26-42)35-44(52)27-31-49(39-19-11-7-12-20-39)60-55(59)41-23-15-9-16-24-41/h7-38,59H,1-6H3/b31-27+,59-55?,60-49+. The van der Waals surface area contributed by atoms with Crippen molar-refractivity contribution in [3.8, 4) is 39.6 Å². The maximum Gasteiger partial charge on any atom is 0.160 e. The summed E-state index contributed by atoms with van der Waals surface area (Å²) in [4.78, 5) is 15.2. The number of benzene rings is 7. The minimum atomic E-state index is -0.0187. The first-order valence-corrected chi connectivity index (χ1v) is 21.6. The Labute approximate surface area is 370 Å². The molecule has 5 nitrogen and oxygen atoms in total. The highest BCUT2D eigenvalue weighted by Crippen LogP contribution is 2.39. The average molecular weight is 818 g/mol. The Balaban J connectivity index is 1.30. The molecular formula is C58H51N5. The number of fused-ring (bicyclic) bond motifs is 3. The minimum Gasteiger partial charge on any atom is -0.309 e. The Kier molecular flexibility index (Phi) is 10.9. The van der Waals surface area contributed by atoms with Crippen molar-refractivity contribution < 1.29 is 0 Å². The van der Waals surface area contributed by atoms with Crippen molar-refractivity contribution in [1.82, 2.24) is 14.5 Å². The van der Waals surface area contributed by atoms with Crippen LogP contribution in [0, 0.1) is 5.41 Å². The van der Waals surface area contributed by atoms with Crippen molar-refractivity contribution >= 4 is 39.4 Å². The minimum absolute atomic E-state index is 0.0187. The Morgan fingerprint density at radius 1 is 0.508 bits per heavy atom. The number of allylic oxidation sites excluding steroid dienone is 1. The molecule has 0 aliphatic rings. The van der Waals surface area contributed by atoms with E-state index in [1.165, 1.54) is 21.9 Å². The molecule has 9 rings (SSSR count). The van der Waals surface area contributed by atoms with E-state index in [1.54, 1.807) is 0 Å². The molecule has 0 spiro atoms. The summed E-state index contributed by atoms with van der Waals surface area (Å²) in [5, 5.41) is 11.5. The normalized spacial score (nSPS) is 12.4. The fourth-order valence-corrected chi connectivity index (χ4v) is 8.09. The van der Waals surface area contributed by atoms with E-state index in [9.17, 15) is 0 Å². The molecular weight excluding hydrogens is 767 g/mol. The van der Waals surface area contributed by atoms with E-state index in [0.29, 0.717) is 11.5 Å². The van der Waals surface area contributed by atoms with Gasteiger partial charge in [-0.05, 0) is 76.1 Å². The topological polar surface area (TPSA) is 66.9 Å². The van der Waals surface area contributed by atoms with Crippen molar-refractivity contribution in [2.75, 3.05) is 0 Å². The van der Waals surface area contributed by atoms with E-state index in [-0.39, 0.29) is 16.7 Å². The zero-order chi connectivity index (χ0) is 43.7. The van der Waals surface area contributed by atoms with Gasteiger partial charge < -0.3 is 4.57 Å². The average Bonchev–Trinajstić information content (AvgIpc) is 3.63. The molecule has 63 heavy (non-hydrogen) atoms. The van der Waals surface area contributed by atoms with E-state index in [0.717, 1.165) is 61.5 Å². The van der Waals surface area contributed by atoms with Gasteiger partial charge in [-0.15, -0.1) is 0 Å². The highest BCUT2D eigenvalue weighted by atomic mass is 15.0. The van der Waals surface area contributed by atoms with Crippen LogP contribution < -0.4 is 0 Å². The van der Waals surface area contributed by atoms with Gasteiger partial charge in [-0.25, -0.2) is 15.0 Å². The van der Waals surface area contributed by atoms with Gasteiger partial charge in [0.1, 0.15) is 0 Å². The van der Waals surface area contributed by atoms with Crippen molar-refractivity contribution in [2.45, 2.75) is 52.4 Å². The van der Waals surface area contributed by atoms with E-state index in [2.05, 4.69) is 137 Å². The lowest BCUT2D eigenvalue weighted by atomic mass is 9.85. The lowest BCUT2D eigenvalue weighted by Crippen LogP contribution is -2.10. The fraction of sp³-hybridized carbons (Fsp3) is 0.138. The molecule has 0 unspecified atom stereocenters. The SMILES string of the molecule is CC(C)(C)c1ccc2c(c1)c1cc(C(C)(C)C)ccc1n2-c1ccc(-c2cc(-c3ccccc3)nc(-c3ccccc3)n2)cc1/C=C/C(=N\C(=N)c1ccccc1)c1ccccc1. The molecule has 0 bridgehead atoms. The molecule has 1 N–H and O–H groups in total. The van der Waals surface area contributed by atoms with Gasteiger partial charge in [-0.2, -0.15) is 0 Å². The van der Waals surface area contributed by atoms with E-state index >= 15 is 0 Å². The van der Waals surface area contributed by atoms with Gasteiger partial charge in [0.15, 0.2) is 11.7 Å². The summed E-state index contributed by atoms with van der Waals surface area (Å²) in [6.45, 7) is 13.7. The highest BCUT2D eigenvalue weighted by molar-refractivity contribution is 6.18. The number of aromatic nitrogens is 3. The smallest absolute Gasteiger partial charge is 0.160 e. The van der Waals surface area contributed by atoms with Crippen LogP contribution in [0.25, 0.3) is 67.5 Å². The predicted molar refractivity (Wildman–Crippen MR) is 265 cm³/mol. The number of nitrogens with one attached hydrogen (secondary N) is 1. The van der Waals surface area contributed by atoms with Gasteiger partial charge in [-0.1, -0.05) is 187 Å². The third-order valence-electron chi connectivity index (χ3n) is 11.7. The molecule has 0 saturated carbocycles. The quantitative estimate of drug-likeness (QED) is 0.123. The first-order valence-electron chi connectivity index (χ1n) is 21.6. The van der Waals surface area contributed by atoms with E-state index in [4.69, 9.17) is 20.4 Å². The maximum absolute atomic E-state index is 9.04. The van der Waals surface area contributed by atoms with Crippen LogP contribution in [0.3, 0.4) is 0 Å². The largest absolute Gasteiger partial charge is 0.309 e. The molecule has 0 fully saturated rings. The number of aliphatic imine (C=N–C) groups is 1. The second-order valence-corrected chi connectivity index (χ2v) is 18.2. The molecule has 5 heteroatoms. The predicted octanol–water partition coefficient (Wildman–Crippen LogP) is 14.7. The second kappa shape index (κ2) is 16.8. The van der Waals surface area contributed by atoms with E-state index < -0.39 is 0 Å². The van der Waals surface area contributed by atoms with Crippen molar-refractivity contribution in [3.63, 3.8) is 0 Å². The van der Waals surface area contributed by atoms with E-state index in [1.807, 2.05) is 103 Å². The number of hydrogen-bond acceptors (Lipinski definition) is 3. The summed E-state index contributed by atoms with van der Waals surface area (Å²) in [6, 6.07) is 62.9. The zero-order valence-electron chi connectivity index (χ0n) is 36.8. The number of amidine groups is 1. The van der Waals surface area contributed by atoms with Gasteiger partial charge in [0, 0.05) is 38.6 Å². The lowest BCUT2D eigenvalue weighted by Gasteiger charge is -2.19. The number of hydrogen-bond donors (Lipinski definition) is 1. The van der Waals surface area contributed by atoms with Crippen LogP contribution in [0.2, 0.25) is 0 Å². The Hall–Kier alpha value is -7.50. The van der Waals surface area contributed by atoms with Crippen molar-refractivity contribution in [1.29, 1.82) is 5.41 Å². The Morgan fingerprint density at radius 3 is 1.54 bits per heavy atom. The van der Waals surface area contributed by atoms with Gasteiger partial charge in [0.25, 0.3) is 0 Å². The van der Waals surface area contributed by atoms with Crippen LogP contribution in [0.5, 0.6) is 0 Å². The van der Waals surface area contributed by atoms with Crippen molar-refractivity contribution in [3.05, 3.63) is 216 Å². The summed E-state index contributed by atoms with van der Waals surface area (Å²) in [5.41, 5.74) is 13.8. The molecule has 0 aliphatic heterocycles. The number of nitrogens with zero attached hydrogens (tertiary/aromatic N) is 4. The molecule has 2 heterocycles. The zero-order valence-corrected chi connectivity index (χ0v) is 36.8. The van der Waals surface area contributed by atoms with Crippen molar-refractivity contribution in [2.24, 2.45) is 4.99 Å². The molecule has 2 aromatic heterocycles. The van der Waals surface area contributed by atoms with Crippen LogP contribution in [0.15, 0.2) is 193 Å². The Bertz CT molecular complexity index is 3040. The molecule has 0 radical (unpaired) electrons. The molecule has 7 aromatic carbocycles. The van der Waals surface area contributed by atoms with Gasteiger partial charge in [0.05, 0.1) is 33.8 Å². The summed E-state index contributed by atoms with van der Waals surface area (Å²) < 4.78 is 2.41. The van der Waals surface area contributed by atoms with Crippen LogP contribution in [-0.2, 0) is 10.8 Å². The molecule has 9 aromatic rings. The van der Waals surface area contributed by atoms with Crippen LogP contribution in [0.4, 0.5) is 0 Å². The summed E-state index contributed by atoms with van der Waals surface area (Å²) >= 11 is 0. The van der Waals surface area contributed by atoms with Crippen LogP contribution in [-0.4, -0.2) is 26.1 Å². The van der Waals surface area contributed by atoms with Crippen LogP contribution >= 0.6 is 0 Å². The summed E-state index contributed by atoms with van der Waals surface area (Å²) in [7, 11) is 0. The summed E-state index contributed by atoms with van der Waals surface area (Å²) in [5.74, 6) is 0.861. The number of rotatable bonds is 8. The molecule has 308 valence electrons. The monoisotopic (exact) mass is 817 g/mol. The second-order valence-electron chi connectivity index (χ2n) is 18.2. The lowest BCUT2D eigenvalue weighted by molar-refractivity contribution is 0.590. The third kappa shape index (κ3) is 8.56. The first-order chi connectivity index (χ1) is 30.4. The van der Waals surface area contributed by atoms with Gasteiger partial charge in [0.2, 0.25) is 0 Å². The molecule has 0 atom stereocenters. The third-order valence-corrected chi connectivity index (χ3v) is 11.7. The highest BCUT2D eigenvalue weighted by Gasteiger charge is 2.22. The first kappa shape index (κ1) is 40.9.